The Kier molecular flexibility index (Phi) is 6.84. The Morgan fingerprint density at radius 1 is 1.20 bits per heavy atom. The third kappa shape index (κ3) is 5.97. The van der Waals surface area contributed by atoms with E-state index >= 15 is 0 Å². The molecule has 0 bridgehead atoms. The van der Waals surface area contributed by atoms with Crippen molar-refractivity contribution in [2.24, 2.45) is 0 Å². The Hall–Kier alpha value is -0.160. The molecule has 1 unspecified atom stereocenters. The van der Waals surface area contributed by atoms with Crippen LogP contribution in [0.25, 0.3) is 0 Å². The van der Waals surface area contributed by atoms with Gasteiger partial charge in [0.15, 0.2) is 6.29 Å². The van der Waals surface area contributed by atoms with Crippen LogP contribution in [0.5, 0.6) is 0 Å². The second-order valence-electron chi connectivity index (χ2n) is 1.91. The first-order valence-corrected chi connectivity index (χ1v) is 3.32. The fourth-order valence-corrected chi connectivity index (χ4v) is 0.538. The standard InChI is InChI=1S/C6H14O4/c7-3-1-2-6(9)10-5-4-8/h6-9H,1-5H2. The first-order chi connectivity index (χ1) is 4.81. The van der Waals surface area contributed by atoms with Crippen LogP contribution in [-0.4, -0.2) is 41.4 Å². The van der Waals surface area contributed by atoms with E-state index in [4.69, 9.17) is 15.3 Å². The van der Waals surface area contributed by atoms with Crippen molar-refractivity contribution >= 4 is 0 Å². The summed E-state index contributed by atoms with van der Waals surface area (Å²) in [5.41, 5.74) is 0. The van der Waals surface area contributed by atoms with Crippen LogP contribution in [0, 0.1) is 0 Å². The minimum absolute atomic E-state index is 0.0551. The topological polar surface area (TPSA) is 69.9 Å². The van der Waals surface area contributed by atoms with Gasteiger partial charge in [0.25, 0.3) is 0 Å². The molecule has 0 aliphatic rings. The molecule has 4 nitrogen and oxygen atoms in total. The monoisotopic (exact) mass is 150 g/mol. The molecule has 0 aliphatic carbocycles. The first-order valence-electron chi connectivity index (χ1n) is 3.32. The SMILES string of the molecule is OCCCC(O)OCCO. The van der Waals surface area contributed by atoms with Gasteiger partial charge >= 0.3 is 0 Å². The van der Waals surface area contributed by atoms with Gasteiger partial charge in [-0.1, -0.05) is 0 Å². The highest BCUT2D eigenvalue weighted by Crippen LogP contribution is 1.96. The number of rotatable bonds is 6. The summed E-state index contributed by atoms with van der Waals surface area (Å²) >= 11 is 0. The minimum atomic E-state index is -0.848. The van der Waals surface area contributed by atoms with Crippen LogP contribution in [0.3, 0.4) is 0 Å². The Bertz CT molecular complexity index is 58.8. The third-order valence-corrected chi connectivity index (χ3v) is 1.01. The molecule has 0 spiro atoms. The Labute approximate surface area is 60.1 Å². The Balaban J connectivity index is 3.00. The zero-order chi connectivity index (χ0) is 7.82. The molecule has 0 rings (SSSR count). The second kappa shape index (κ2) is 6.95. The van der Waals surface area contributed by atoms with E-state index in [-0.39, 0.29) is 19.8 Å². The van der Waals surface area contributed by atoms with Crippen LogP contribution in [0.15, 0.2) is 0 Å². The molecular weight excluding hydrogens is 136 g/mol. The summed E-state index contributed by atoms with van der Waals surface area (Å²) < 4.78 is 4.69. The number of aliphatic hydroxyl groups is 3. The number of hydrogen-bond acceptors (Lipinski definition) is 4. The maximum atomic E-state index is 8.87. The van der Waals surface area contributed by atoms with Gasteiger partial charge in [-0.25, -0.2) is 0 Å². The molecule has 10 heavy (non-hydrogen) atoms. The lowest BCUT2D eigenvalue weighted by molar-refractivity contribution is -0.112. The van der Waals surface area contributed by atoms with Crippen LogP contribution in [-0.2, 0) is 4.74 Å². The van der Waals surface area contributed by atoms with Crippen molar-refractivity contribution < 1.29 is 20.1 Å². The average Bonchev–Trinajstić information content (AvgIpc) is 1.97. The maximum Gasteiger partial charge on any atom is 0.154 e. The van der Waals surface area contributed by atoms with Crippen LogP contribution in [0.2, 0.25) is 0 Å². The normalized spacial score (nSPS) is 13.5. The quantitative estimate of drug-likeness (QED) is 0.428. The zero-order valence-electron chi connectivity index (χ0n) is 5.86. The van der Waals surface area contributed by atoms with E-state index in [1.54, 1.807) is 0 Å². The molecule has 3 N–H and O–H groups in total. The predicted octanol–water partition coefficient (Wildman–Crippen LogP) is -0.914. The van der Waals surface area contributed by atoms with Crippen LogP contribution in [0.4, 0.5) is 0 Å². The largest absolute Gasteiger partial charge is 0.396 e. The molecule has 4 heteroatoms. The van der Waals surface area contributed by atoms with E-state index in [9.17, 15) is 0 Å². The summed E-state index contributed by atoms with van der Waals surface area (Å²) in [6.45, 7) is 0.113. The van der Waals surface area contributed by atoms with Gasteiger partial charge in [0.05, 0.1) is 13.2 Å². The van der Waals surface area contributed by atoms with E-state index in [1.165, 1.54) is 0 Å². The highest BCUT2D eigenvalue weighted by atomic mass is 16.6. The van der Waals surface area contributed by atoms with E-state index in [0.717, 1.165) is 0 Å². The van der Waals surface area contributed by atoms with Crippen molar-refractivity contribution in [3.63, 3.8) is 0 Å². The molecule has 0 amide bonds. The van der Waals surface area contributed by atoms with Crippen LogP contribution in [0.1, 0.15) is 12.8 Å². The van der Waals surface area contributed by atoms with Crippen molar-refractivity contribution in [3.05, 3.63) is 0 Å². The number of ether oxygens (including phenoxy) is 1. The molecule has 0 heterocycles. The lowest BCUT2D eigenvalue weighted by Crippen LogP contribution is -2.14. The summed E-state index contributed by atoms with van der Waals surface area (Å²) in [6, 6.07) is 0. The summed E-state index contributed by atoms with van der Waals surface area (Å²) in [6.07, 6.45) is 0.0858. The van der Waals surface area contributed by atoms with E-state index in [0.29, 0.717) is 12.8 Å². The lowest BCUT2D eigenvalue weighted by Gasteiger charge is -2.08. The van der Waals surface area contributed by atoms with Gasteiger partial charge < -0.3 is 20.1 Å². The molecule has 0 aromatic rings. The third-order valence-electron chi connectivity index (χ3n) is 1.01. The summed E-state index contributed by atoms with van der Waals surface area (Å²) in [5, 5.41) is 25.4. The fourth-order valence-electron chi connectivity index (χ4n) is 0.538. The highest BCUT2D eigenvalue weighted by molar-refractivity contribution is 4.41. The van der Waals surface area contributed by atoms with E-state index < -0.39 is 6.29 Å². The second-order valence-corrected chi connectivity index (χ2v) is 1.91. The molecule has 0 radical (unpaired) electrons. The number of hydrogen-bond donors (Lipinski definition) is 3. The van der Waals surface area contributed by atoms with Gasteiger partial charge in [-0.15, -0.1) is 0 Å². The molecule has 0 saturated carbocycles. The van der Waals surface area contributed by atoms with Crippen LogP contribution >= 0.6 is 0 Å². The van der Waals surface area contributed by atoms with E-state index in [2.05, 4.69) is 4.74 Å². The average molecular weight is 150 g/mol. The van der Waals surface area contributed by atoms with Gasteiger partial charge in [0, 0.05) is 13.0 Å². The van der Waals surface area contributed by atoms with Crippen molar-refractivity contribution in [1.82, 2.24) is 0 Å². The minimum Gasteiger partial charge on any atom is -0.396 e. The molecular formula is C6H14O4. The van der Waals surface area contributed by atoms with Gasteiger partial charge in [0.1, 0.15) is 0 Å². The van der Waals surface area contributed by atoms with Gasteiger partial charge in [-0.3, -0.25) is 0 Å². The smallest absolute Gasteiger partial charge is 0.154 e. The molecule has 1 atom stereocenters. The van der Waals surface area contributed by atoms with Crippen LogP contribution < -0.4 is 0 Å². The fraction of sp³-hybridized carbons (Fsp3) is 1.00. The maximum absolute atomic E-state index is 8.87. The predicted molar refractivity (Wildman–Crippen MR) is 35.4 cm³/mol. The first kappa shape index (κ1) is 9.84. The molecule has 0 aromatic heterocycles. The van der Waals surface area contributed by atoms with E-state index in [1.807, 2.05) is 0 Å². The van der Waals surface area contributed by atoms with Gasteiger partial charge in [0.2, 0.25) is 0 Å². The van der Waals surface area contributed by atoms with Gasteiger partial charge in [-0.05, 0) is 6.42 Å². The summed E-state index contributed by atoms with van der Waals surface area (Å²) in [7, 11) is 0. The van der Waals surface area contributed by atoms with Gasteiger partial charge in [-0.2, -0.15) is 0 Å². The highest BCUT2D eigenvalue weighted by Gasteiger charge is 2.01. The molecule has 62 valence electrons. The Morgan fingerprint density at radius 2 is 1.90 bits per heavy atom. The molecule has 0 aromatic carbocycles. The summed E-state index contributed by atoms with van der Waals surface area (Å²) in [4.78, 5) is 0. The lowest BCUT2D eigenvalue weighted by atomic mass is 10.3. The van der Waals surface area contributed by atoms with Crippen molar-refractivity contribution in [3.8, 4) is 0 Å². The molecule has 0 aliphatic heterocycles. The molecule has 0 fully saturated rings. The number of aliphatic hydroxyl groups excluding tert-OH is 3. The summed E-state index contributed by atoms with van der Waals surface area (Å²) in [5.74, 6) is 0. The Morgan fingerprint density at radius 3 is 2.40 bits per heavy atom. The van der Waals surface area contributed by atoms with Crippen molar-refractivity contribution in [2.45, 2.75) is 19.1 Å². The molecule has 0 saturated heterocycles. The van der Waals surface area contributed by atoms with Crippen molar-refractivity contribution in [2.75, 3.05) is 19.8 Å². The van der Waals surface area contributed by atoms with Crippen molar-refractivity contribution in [1.29, 1.82) is 0 Å². The zero-order valence-corrected chi connectivity index (χ0v) is 5.86.